The van der Waals surface area contributed by atoms with Crippen molar-refractivity contribution in [1.29, 1.82) is 0 Å². The molecule has 4 aromatic heterocycles. The minimum Gasteiger partial charge on any atom is -0.382 e. The molecule has 4 aromatic rings. The first kappa shape index (κ1) is 34.1. The van der Waals surface area contributed by atoms with Gasteiger partial charge in [-0.2, -0.15) is 4.98 Å². The number of hydrogen-bond donors (Lipinski definition) is 5. The smallest absolute Gasteiger partial charge is 0.382 e. The predicted molar refractivity (Wildman–Crippen MR) is 165 cm³/mol. The van der Waals surface area contributed by atoms with Gasteiger partial charge in [0.1, 0.15) is 36.4 Å². The first-order valence-corrected chi connectivity index (χ1v) is 18.0. The molecule has 2 aliphatic heterocycles. The SMILES string of the molecule is COC1C(COP(=O)(O)OC)OC(n2cnc3c(=O)[nH]c(N)nc32)C1OP(=O)(O)OCC12CCC(C(n3cnc4c(N)ncnc43)O1)C2C. The van der Waals surface area contributed by atoms with E-state index in [9.17, 15) is 23.7 Å². The Labute approximate surface area is 276 Å². The summed E-state index contributed by atoms with van der Waals surface area (Å²) in [5.41, 5.74) is 10.9. The summed E-state index contributed by atoms with van der Waals surface area (Å²) in [5.74, 6) is -0.0953. The van der Waals surface area contributed by atoms with E-state index in [0.29, 0.717) is 17.6 Å². The van der Waals surface area contributed by atoms with Crippen molar-refractivity contribution in [3.8, 4) is 0 Å². The van der Waals surface area contributed by atoms with E-state index >= 15 is 0 Å². The molecule has 10 unspecified atom stereocenters. The van der Waals surface area contributed by atoms with Gasteiger partial charge in [0, 0.05) is 20.1 Å². The molecule has 0 radical (unpaired) electrons. The fourth-order valence-electron chi connectivity index (χ4n) is 6.91. The first-order chi connectivity index (χ1) is 23.3. The normalized spacial score (nSPS) is 32.2. The number of H-pyrrole nitrogens is 1. The van der Waals surface area contributed by atoms with Crippen molar-refractivity contribution in [1.82, 2.24) is 39.0 Å². The van der Waals surface area contributed by atoms with Crippen LogP contribution in [0, 0.1) is 11.8 Å². The highest BCUT2D eigenvalue weighted by molar-refractivity contribution is 7.47. The van der Waals surface area contributed by atoms with Crippen molar-refractivity contribution in [3.63, 3.8) is 0 Å². The average Bonchev–Trinajstić information content (AvgIpc) is 3.87. The average molecular weight is 729 g/mol. The zero-order valence-electron chi connectivity index (χ0n) is 26.3. The highest BCUT2D eigenvalue weighted by Crippen LogP contribution is 2.59. The van der Waals surface area contributed by atoms with Gasteiger partial charge < -0.3 is 35.5 Å². The number of nitrogens with two attached hydrogens (primary N) is 2. The Kier molecular flexibility index (Phi) is 8.64. The van der Waals surface area contributed by atoms with Crippen LogP contribution in [0.5, 0.6) is 0 Å². The minimum absolute atomic E-state index is 0.00892. The quantitative estimate of drug-likeness (QED) is 0.125. The predicted octanol–water partition coefficient (Wildman–Crippen LogP) is 0.616. The summed E-state index contributed by atoms with van der Waals surface area (Å²) in [6.07, 6.45) is -0.250. The van der Waals surface area contributed by atoms with Crippen molar-refractivity contribution in [2.75, 3.05) is 38.9 Å². The Bertz CT molecular complexity index is 2040. The highest BCUT2D eigenvalue weighted by Gasteiger charge is 2.60. The van der Waals surface area contributed by atoms with E-state index in [0.717, 1.165) is 13.5 Å². The molecule has 24 heteroatoms. The molecule has 6 heterocycles. The number of nitrogen functional groups attached to an aromatic ring is 2. The van der Waals surface area contributed by atoms with Gasteiger partial charge in [-0.1, -0.05) is 6.92 Å². The van der Waals surface area contributed by atoms with Crippen LogP contribution in [-0.4, -0.2) is 100 Å². The molecular weight excluding hydrogens is 694 g/mol. The summed E-state index contributed by atoms with van der Waals surface area (Å²) >= 11 is 0. The molecule has 10 atom stereocenters. The number of nitrogens with one attached hydrogen (secondary N) is 1. The summed E-state index contributed by atoms with van der Waals surface area (Å²) in [5, 5.41) is 0. The third kappa shape index (κ3) is 5.95. The number of phosphoric ester groups is 2. The zero-order chi connectivity index (χ0) is 34.9. The molecule has 3 fully saturated rings. The van der Waals surface area contributed by atoms with Crippen LogP contribution < -0.4 is 17.0 Å². The number of aromatic nitrogens is 8. The number of nitrogens with zero attached hydrogens (tertiary/aromatic N) is 7. The number of aromatic amines is 1. The summed E-state index contributed by atoms with van der Waals surface area (Å²) in [4.78, 5) is 56.6. The Morgan fingerprint density at radius 1 is 1.02 bits per heavy atom. The van der Waals surface area contributed by atoms with Crippen molar-refractivity contribution >= 4 is 49.7 Å². The number of hydrogen-bond acceptors (Lipinski definition) is 17. The monoisotopic (exact) mass is 728 g/mol. The number of rotatable bonds is 12. The van der Waals surface area contributed by atoms with Gasteiger partial charge in [0.25, 0.3) is 5.56 Å². The van der Waals surface area contributed by atoms with Gasteiger partial charge in [-0.15, -0.1) is 0 Å². The maximum atomic E-state index is 13.7. The number of methoxy groups -OCH3 is 1. The van der Waals surface area contributed by atoms with Gasteiger partial charge in [0.05, 0.1) is 31.5 Å². The standard InChI is InChI=1S/C25H34N10O12P2/c1-11-12-4-5-25(11,46-22(12)34-9-30-14-18(26)28-8-29-19(14)34)7-44-49(39,40)47-17-16(41-2)13(6-43-48(37,38)42-3)45-23(17)35-10-31-15-20(35)32-24(27)33-21(15)36/h8-13,16-17,22-23H,4-7H2,1-3H3,(H,37,38)(H,39,40)(H2,26,28,29)(H3,27,32,33,36). The molecule has 7 N–H and O–H groups in total. The molecule has 1 aliphatic carbocycles. The lowest BCUT2D eigenvalue weighted by Crippen LogP contribution is -2.39. The zero-order valence-corrected chi connectivity index (χ0v) is 28.0. The lowest BCUT2D eigenvalue weighted by molar-refractivity contribution is -0.130. The van der Waals surface area contributed by atoms with Gasteiger partial charge in [0.15, 0.2) is 28.9 Å². The van der Waals surface area contributed by atoms with E-state index in [2.05, 4.69) is 34.4 Å². The molecule has 2 bridgehead atoms. The maximum Gasteiger partial charge on any atom is 0.472 e. The van der Waals surface area contributed by atoms with Gasteiger partial charge in [0.2, 0.25) is 5.95 Å². The van der Waals surface area contributed by atoms with Crippen LogP contribution in [0.4, 0.5) is 11.8 Å². The lowest BCUT2D eigenvalue weighted by atomic mass is 9.91. The maximum absolute atomic E-state index is 13.7. The summed E-state index contributed by atoms with van der Waals surface area (Å²) < 4.78 is 67.8. The Balaban J connectivity index is 1.14. The Morgan fingerprint density at radius 3 is 2.49 bits per heavy atom. The van der Waals surface area contributed by atoms with E-state index in [1.165, 1.54) is 24.3 Å². The highest BCUT2D eigenvalue weighted by atomic mass is 31.2. The Morgan fingerprint density at radius 2 is 1.76 bits per heavy atom. The number of ether oxygens (including phenoxy) is 3. The number of anilines is 2. The van der Waals surface area contributed by atoms with Crippen molar-refractivity contribution < 1.29 is 51.2 Å². The topological polar surface area (TPSA) is 298 Å². The molecule has 7 rings (SSSR count). The molecule has 0 aromatic carbocycles. The van der Waals surface area contributed by atoms with Crippen LogP contribution in [0.1, 0.15) is 32.2 Å². The molecule has 22 nitrogen and oxygen atoms in total. The molecule has 49 heavy (non-hydrogen) atoms. The second-order valence-corrected chi connectivity index (χ2v) is 14.9. The second kappa shape index (κ2) is 12.4. The number of fused-ring (bicyclic) bond motifs is 4. The Hall–Kier alpha value is -3.40. The summed E-state index contributed by atoms with van der Waals surface area (Å²) in [6.45, 7) is 1.10. The molecule has 0 amide bonds. The van der Waals surface area contributed by atoms with Crippen LogP contribution in [0.25, 0.3) is 22.3 Å². The van der Waals surface area contributed by atoms with Crippen molar-refractivity contribution in [3.05, 3.63) is 29.3 Å². The third-order valence-corrected chi connectivity index (χ3v) is 11.3. The van der Waals surface area contributed by atoms with E-state index < -0.39 is 64.2 Å². The summed E-state index contributed by atoms with van der Waals surface area (Å²) in [6, 6.07) is 0. The van der Waals surface area contributed by atoms with Crippen LogP contribution in [0.2, 0.25) is 0 Å². The van der Waals surface area contributed by atoms with Gasteiger partial charge in [-0.3, -0.25) is 37.0 Å². The fourth-order valence-corrected chi connectivity index (χ4v) is 8.32. The largest absolute Gasteiger partial charge is 0.472 e. The molecular formula is C25H34N10O12P2. The van der Waals surface area contributed by atoms with E-state index in [4.69, 9.17) is 39.2 Å². The van der Waals surface area contributed by atoms with Crippen LogP contribution in [0.3, 0.4) is 0 Å². The van der Waals surface area contributed by atoms with E-state index in [-0.39, 0.29) is 41.4 Å². The first-order valence-electron chi connectivity index (χ1n) is 15.0. The third-order valence-electron chi connectivity index (χ3n) is 9.40. The van der Waals surface area contributed by atoms with Gasteiger partial charge in [-0.05, 0) is 18.8 Å². The number of imidazole rings is 2. The fraction of sp³-hybridized carbons (Fsp3) is 0.600. The van der Waals surface area contributed by atoms with E-state index in [1.807, 2.05) is 6.92 Å². The minimum atomic E-state index is -4.95. The van der Waals surface area contributed by atoms with Gasteiger partial charge in [-0.25, -0.2) is 29.1 Å². The van der Waals surface area contributed by atoms with Crippen molar-refractivity contribution in [2.24, 2.45) is 11.8 Å². The molecule has 1 saturated carbocycles. The number of phosphoric acid groups is 2. The molecule has 0 spiro atoms. The summed E-state index contributed by atoms with van der Waals surface area (Å²) in [7, 11) is -7.16. The molecule has 2 saturated heterocycles. The van der Waals surface area contributed by atoms with Crippen LogP contribution in [-0.2, 0) is 41.4 Å². The lowest BCUT2D eigenvalue weighted by Gasteiger charge is -2.33. The van der Waals surface area contributed by atoms with Crippen LogP contribution in [0.15, 0.2) is 23.8 Å². The molecule has 266 valence electrons. The van der Waals surface area contributed by atoms with Crippen molar-refractivity contribution in [2.45, 2.75) is 56.1 Å². The second-order valence-electron chi connectivity index (χ2n) is 11.9. The van der Waals surface area contributed by atoms with E-state index in [1.54, 1.807) is 10.9 Å². The van der Waals surface area contributed by atoms with Gasteiger partial charge >= 0.3 is 15.6 Å². The van der Waals surface area contributed by atoms with Crippen LogP contribution >= 0.6 is 15.6 Å². The molecule has 3 aliphatic rings.